The lowest BCUT2D eigenvalue weighted by Gasteiger charge is -2.40. The summed E-state index contributed by atoms with van der Waals surface area (Å²) in [6.07, 6.45) is 0. The van der Waals surface area contributed by atoms with E-state index in [1.165, 1.54) is 12.1 Å². The number of hydrogen-bond donors (Lipinski definition) is 1. The molecule has 0 saturated carbocycles. The molecule has 4 nitrogen and oxygen atoms in total. The number of carbonyl (C=O) groups excluding carboxylic acids is 1. The maximum atomic E-state index is 13.1. The molecule has 0 fully saturated rings. The van der Waals surface area contributed by atoms with E-state index >= 15 is 0 Å². The SMILES string of the molecule is O=C(O)C(C(=O)OC1(c2ccccc2)C(Cl)=C(Cl)C(Cl)=C(Cl)C1Cl)c1ccccc1. The highest BCUT2D eigenvalue weighted by molar-refractivity contribution is 6.53. The highest BCUT2D eigenvalue weighted by Gasteiger charge is 2.54. The molecule has 0 aromatic heterocycles. The van der Waals surface area contributed by atoms with Crippen LogP contribution in [0, 0.1) is 0 Å². The second-order valence-corrected chi connectivity index (χ2v) is 8.33. The molecule has 0 heterocycles. The zero-order valence-electron chi connectivity index (χ0n) is 15.0. The van der Waals surface area contributed by atoms with E-state index in [2.05, 4.69) is 0 Å². The predicted octanol–water partition coefficient (Wildman–Crippen LogP) is 6.29. The molecule has 0 aliphatic heterocycles. The lowest BCUT2D eigenvalue weighted by molar-refractivity contribution is -0.163. The quantitative estimate of drug-likeness (QED) is 0.294. The lowest BCUT2D eigenvalue weighted by atomic mass is 9.85. The molecule has 0 saturated heterocycles. The first-order valence-corrected chi connectivity index (χ1v) is 10.5. The Kier molecular flexibility index (Phi) is 7.05. The standard InChI is InChI=1S/C21H13Cl5O4/c22-14-15(23)17(25)21(18(26)16(14)24,12-9-5-2-6-10-12)30-20(29)13(19(27)28)11-7-3-1-4-8-11/h1-10,13,17H,(H,27,28). The first kappa shape index (κ1) is 23.0. The second kappa shape index (κ2) is 9.21. The van der Waals surface area contributed by atoms with Gasteiger partial charge in [0, 0.05) is 5.56 Å². The smallest absolute Gasteiger partial charge is 0.326 e. The molecule has 0 spiro atoms. The Morgan fingerprint density at radius 3 is 1.97 bits per heavy atom. The summed E-state index contributed by atoms with van der Waals surface area (Å²) in [5.41, 5.74) is -1.30. The minimum absolute atomic E-state index is 0.0798. The van der Waals surface area contributed by atoms with E-state index in [-0.39, 0.29) is 25.7 Å². The average Bonchev–Trinajstić information content (AvgIpc) is 2.75. The zero-order chi connectivity index (χ0) is 22.1. The predicted molar refractivity (Wildman–Crippen MR) is 118 cm³/mol. The third kappa shape index (κ3) is 3.95. The molecule has 3 rings (SSSR count). The molecule has 0 amide bonds. The average molecular weight is 507 g/mol. The van der Waals surface area contributed by atoms with Crippen molar-refractivity contribution in [2.45, 2.75) is 16.9 Å². The van der Waals surface area contributed by atoms with Crippen LogP contribution in [0.2, 0.25) is 0 Å². The summed E-state index contributed by atoms with van der Waals surface area (Å²) in [5.74, 6) is -4.12. The van der Waals surface area contributed by atoms with Gasteiger partial charge in [-0.2, -0.15) is 0 Å². The van der Waals surface area contributed by atoms with Gasteiger partial charge in [0.15, 0.2) is 11.5 Å². The van der Waals surface area contributed by atoms with Crippen molar-refractivity contribution in [1.29, 1.82) is 0 Å². The molecule has 156 valence electrons. The molecule has 30 heavy (non-hydrogen) atoms. The maximum absolute atomic E-state index is 13.1. The number of hydrogen-bond acceptors (Lipinski definition) is 3. The van der Waals surface area contributed by atoms with Crippen molar-refractivity contribution in [2.75, 3.05) is 0 Å². The number of esters is 1. The van der Waals surface area contributed by atoms with Gasteiger partial charge in [-0.1, -0.05) is 107 Å². The van der Waals surface area contributed by atoms with E-state index in [9.17, 15) is 14.7 Å². The van der Waals surface area contributed by atoms with E-state index in [4.69, 9.17) is 62.7 Å². The molecule has 2 aromatic carbocycles. The fourth-order valence-corrected chi connectivity index (χ4v) is 4.76. The number of benzene rings is 2. The van der Waals surface area contributed by atoms with E-state index in [0.717, 1.165) is 0 Å². The molecule has 2 aromatic rings. The molecule has 1 N–H and O–H groups in total. The van der Waals surface area contributed by atoms with Crippen molar-refractivity contribution in [2.24, 2.45) is 0 Å². The summed E-state index contributed by atoms with van der Waals surface area (Å²) < 4.78 is 5.75. The van der Waals surface area contributed by atoms with Crippen molar-refractivity contribution in [1.82, 2.24) is 0 Å². The third-order valence-corrected chi connectivity index (χ3v) is 7.16. The van der Waals surface area contributed by atoms with Gasteiger partial charge in [-0.3, -0.25) is 9.59 Å². The first-order chi connectivity index (χ1) is 14.2. The van der Waals surface area contributed by atoms with Crippen molar-refractivity contribution >= 4 is 69.9 Å². The third-order valence-electron chi connectivity index (χ3n) is 4.58. The molecule has 1 aliphatic carbocycles. The summed E-state index contributed by atoms with van der Waals surface area (Å²) in [4.78, 5) is 25.0. The van der Waals surface area contributed by atoms with Gasteiger partial charge in [0.05, 0.1) is 20.1 Å². The van der Waals surface area contributed by atoms with Crippen LogP contribution in [-0.4, -0.2) is 22.4 Å². The Bertz CT molecular complexity index is 1040. The van der Waals surface area contributed by atoms with E-state index in [0.29, 0.717) is 5.56 Å². The van der Waals surface area contributed by atoms with Crippen LogP contribution in [0.5, 0.6) is 0 Å². The van der Waals surface area contributed by atoms with Crippen molar-refractivity contribution < 1.29 is 19.4 Å². The first-order valence-electron chi connectivity index (χ1n) is 8.53. The highest BCUT2D eigenvalue weighted by atomic mass is 35.5. The van der Waals surface area contributed by atoms with Crippen LogP contribution in [0.3, 0.4) is 0 Å². The summed E-state index contributed by atoms with van der Waals surface area (Å²) >= 11 is 31.8. The monoisotopic (exact) mass is 504 g/mol. The number of carboxylic acids is 1. The number of aliphatic carboxylic acids is 1. The largest absolute Gasteiger partial charge is 0.480 e. The van der Waals surface area contributed by atoms with Crippen LogP contribution in [0.1, 0.15) is 17.0 Å². The number of carboxylic acid groups (broad SMARTS) is 1. The Morgan fingerprint density at radius 2 is 1.43 bits per heavy atom. The summed E-state index contributed by atoms with van der Waals surface area (Å²) in [5, 5.41) is 7.94. The van der Waals surface area contributed by atoms with Gasteiger partial charge in [0.25, 0.3) is 0 Å². The number of allylic oxidation sites excluding steroid dienone is 2. The molecular formula is C21H13Cl5O4. The van der Waals surface area contributed by atoms with E-state index in [1.807, 2.05) is 0 Å². The van der Waals surface area contributed by atoms with Crippen LogP contribution in [0.15, 0.2) is 80.8 Å². The number of halogens is 5. The Hall–Kier alpha value is -1.69. The maximum Gasteiger partial charge on any atom is 0.326 e. The highest BCUT2D eigenvalue weighted by Crippen LogP contribution is 2.54. The minimum Gasteiger partial charge on any atom is -0.480 e. The number of ether oxygens (including phenoxy) is 1. The molecule has 0 radical (unpaired) electrons. The molecule has 9 heteroatoms. The van der Waals surface area contributed by atoms with Crippen molar-refractivity contribution in [3.8, 4) is 0 Å². The summed E-state index contributed by atoms with van der Waals surface area (Å²) in [7, 11) is 0. The van der Waals surface area contributed by atoms with Gasteiger partial charge in [0.1, 0.15) is 5.38 Å². The Balaban J connectivity index is 2.16. The normalized spacial score (nSPS) is 22.6. The van der Waals surface area contributed by atoms with Gasteiger partial charge in [-0.05, 0) is 5.56 Å². The zero-order valence-corrected chi connectivity index (χ0v) is 18.8. The second-order valence-electron chi connectivity index (χ2n) is 6.36. The lowest BCUT2D eigenvalue weighted by Crippen LogP contribution is -2.45. The van der Waals surface area contributed by atoms with E-state index in [1.54, 1.807) is 48.5 Å². The molecule has 0 bridgehead atoms. The fraction of sp³-hybridized carbons (Fsp3) is 0.143. The topological polar surface area (TPSA) is 63.6 Å². The van der Waals surface area contributed by atoms with Crippen LogP contribution >= 0.6 is 58.0 Å². The number of alkyl halides is 1. The van der Waals surface area contributed by atoms with Crippen molar-refractivity contribution in [3.63, 3.8) is 0 Å². The van der Waals surface area contributed by atoms with Gasteiger partial charge in [-0.15, -0.1) is 11.6 Å². The van der Waals surface area contributed by atoms with Crippen molar-refractivity contribution in [3.05, 3.63) is 91.9 Å². The van der Waals surface area contributed by atoms with Gasteiger partial charge in [0.2, 0.25) is 0 Å². The molecular weight excluding hydrogens is 493 g/mol. The Labute approximate surface area is 197 Å². The Morgan fingerprint density at radius 1 is 0.900 bits per heavy atom. The van der Waals surface area contributed by atoms with Crippen LogP contribution < -0.4 is 0 Å². The van der Waals surface area contributed by atoms with Gasteiger partial charge in [-0.25, -0.2) is 0 Å². The van der Waals surface area contributed by atoms with Gasteiger partial charge >= 0.3 is 11.9 Å². The van der Waals surface area contributed by atoms with Crippen LogP contribution in [0.25, 0.3) is 0 Å². The minimum atomic E-state index is -1.88. The fourth-order valence-electron chi connectivity index (χ4n) is 3.12. The van der Waals surface area contributed by atoms with Crippen LogP contribution in [0.4, 0.5) is 0 Å². The van der Waals surface area contributed by atoms with E-state index < -0.39 is 28.8 Å². The number of carbonyl (C=O) groups is 2. The molecule has 3 unspecified atom stereocenters. The van der Waals surface area contributed by atoms with Gasteiger partial charge < -0.3 is 9.84 Å². The number of rotatable bonds is 5. The van der Waals surface area contributed by atoms with Crippen LogP contribution in [-0.2, 0) is 19.9 Å². The summed E-state index contributed by atoms with van der Waals surface area (Å²) in [6.45, 7) is 0. The molecule has 1 aliphatic rings. The summed E-state index contributed by atoms with van der Waals surface area (Å²) in [6, 6.07) is 16.2. The molecule has 3 atom stereocenters.